The quantitative estimate of drug-likeness (QED) is 0.846. The third-order valence-electron chi connectivity index (χ3n) is 2.68. The fourth-order valence-electron chi connectivity index (χ4n) is 1.68. The van der Waals surface area contributed by atoms with Crippen molar-refractivity contribution in [3.8, 4) is 5.75 Å². The molecule has 0 saturated heterocycles. The Balaban J connectivity index is 2.21. The SMILES string of the molecule is Nc1ccc(Cl)cc1COc1ccccc1C(F)(F)F. The van der Waals surface area contributed by atoms with Crippen LogP contribution >= 0.6 is 11.6 Å². The van der Waals surface area contributed by atoms with Crippen molar-refractivity contribution in [3.05, 3.63) is 58.6 Å². The minimum Gasteiger partial charge on any atom is -0.488 e. The summed E-state index contributed by atoms with van der Waals surface area (Å²) in [4.78, 5) is 0. The number of halogens is 4. The normalized spacial score (nSPS) is 11.4. The van der Waals surface area contributed by atoms with Crippen LogP contribution in [0.4, 0.5) is 18.9 Å². The van der Waals surface area contributed by atoms with Gasteiger partial charge >= 0.3 is 6.18 Å². The van der Waals surface area contributed by atoms with Crippen molar-refractivity contribution in [2.75, 3.05) is 5.73 Å². The van der Waals surface area contributed by atoms with Gasteiger partial charge in [-0.05, 0) is 30.3 Å². The monoisotopic (exact) mass is 301 g/mol. The highest BCUT2D eigenvalue weighted by Crippen LogP contribution is 2.36. The zero-order valence-electron chi connectivity index (χ0n) is 10.2. The highest BCUT2D eigenvalue weighted by atomic mass is 35.5. The van der Waals surface area contributed by atoms with E-state index in [0.717, 1.165) is 6.07 Å². The molecule has 2 rings (SSSR count). The molecule has 0 saturated carbocycles. The van der Waals surface area contributed by atoms with Crippen LogP contribution in [0, 0.1) is 0 Å². The second-order valence-electron chi connectivity index (χ2n) is 4.13. The van der Waals surface area contributed by atoms with E-state index in [1.54, 1.807) is 18.2 Å². The summed E-state index contributed by atoms with van der Waals surface area (Å²) in [6, 6.07) is 9.77. The van der Waals surface area contributed by atoms with E-state index in [9.17, 15) is 13.2 Å². The molecule has 2 nitrogen and oxygen atoms in total. The summed E-state index contributed by atoms with van der Waals surface area (Å²) in [5.74, 6) is -0.237. The first-order valence-corrected chi connectivity index (χ1v) is 6.08. The van der Waals surface area contributed by atoms with Crippen LogP contribution in [0.25, 0.3) is 0 Å². The molecule has 2 aromatic rings. The number of ether oxygens (including phenoxy) is 1. The van der Waals surface area contributed by atoms with Crippen molar-refractivity contribution in [1.29, 1.82) is 0 Å². The average molecular weight is 302 g/mol. The van der Waals surface area contributed by atoms with Crippen molar-refractivity contribution >= 4 is 17.3 Å². The molecule has 0 bridgehead atoms. The molecule has 106 valence electrons. The van der Waals surface area contributed by atoms with E-state index in [2.05, 4.69) is 0 Å². The molecule has 0 amide bonds. The maximum absolute atomic E-state index is 12.8. The van der Waals surface area contributed by atoms with Crippen LogP contribution in [0.1, 0.15) is 11.1 Å². The second kappa shape index (κ2) is 5.63. The van der Waals surface area contributed by atoms with Crippen LogP contribution in [0.3, 0.4) is 0 Å². The van der Waals surface area contributed by atoms with E-state index in [-0.39, 0.29) is 12.4 Å². The predicted octanol–water partition coefficient (Wildman–Crippen LogP) is 4.52. The lowest BCUT2D eigenvalue weighted by Crippen LogP contribution is -2.09. The minimum absolute atomic E-state index is 0.0838. The van der Waals surface area contributed by atoms with Gasteiger partial charge in [0.1, 0.15) is 12.4 Å². The van der Waals surface area contributed by atoms with Crippen LogP contribution in [0.15, 0.2) is 42.5 Å². The van der Waals surface area contributed by atoms with Crippen molar-refractivity contribution in [2.45, 2.75) is 12.8 Å². The molecule has 0 heterocycles. The molecule has 0 spiro atoms. The molecule has 0 aliphatic rings. The van der Waals surface area contributed by atoms with Gasteiger partial charge in [0.05, 0.1) is 5.56 Å². The van der Waals surface area contributed by atoms with Crippen LogP contribution in [-0.2, 0) is 12.8 Å². The first-order chi connectivity index (χ1) is 9.38. The molecule has 0 atom stereocenters. The molecular weight excluding hydrogens is 291 g/mol. The Morgan fingerprint density at radius 2 is 1.80 bits per heavy atom. The van der Waals surface area contributed by atoms with E-state index >= 15 is 0 Å². The Labute approximate surface area is 118 Å². The summed E-state index contributed by atoms with van der Waals surface area (Å²) >= 11 is 5.81. The Morgan fingerprint density at radius 3 is 2.50 bits per heavy atom. The summed E-state index contributed by atoms with van der Waals surface area (Å²) in [5.41, 5.74) is 5.85. The molecule has 0 aliphatic heterocycles. The number of hydrogen-bond acceptors (Lipinski definition) is 2. The highest BCUT2D eigenvalue weighted by molar-refractivity contribution is 6.30. The highest BCUT2D eigenvalue weighted by Gasteiger charge is 2.34. The van der Waals surface area contributed by atoms with E-state index in [4.69, 9.17) is 22.1 Å². The van der Waals surface area contributed by atoms with Crippen LogP contribution in [-0.4, -0.2) is 0 Å². The summed E-state index contributed by atoms with van der Waals surface area (Å²) < 4.78 is 43.6. The number of nitrogens with two attached hydrogens (primary N) is 1. The maximum Gasteiger partial charge on any atom is 0.419 e. The zero-order chi connectivity index (χ0) is 14.8. The summed E-state index contributed by atoms with van der Waals surface area (Å²) in [6.45, 7) is -0.0838. The topological polar surface area (TPSA) is 35.2 Å². The van der Waals surface area contributed by atoms with Gasteiger partial charge in [-0.25, -0.2) is 0 Å². The molecule has 20 heavy (non-hydrogen) atoms. The molecule has 0 fully saturated rings. The maximum atomic E-state index is 12.8. The minimum atomic E-state index is -4.46. The second-order valence-corrected chi connectivity index (χ2v) is 4.56. The molecule has 0 aliphatic carbocycles. The number of benzene rings is 2. The summed E-state index contributed by atoms with van der Waals surface area (Å²) in [6.07, 6.45) is -4.46. The van der Waals surface area contributed by atoms with Gasteiger partial charge in [-0.2, -0.15) is 13.2 Å². The summed E-state index contributed by atoms with van der Waals surface area (Å²) in [5, 5.41) is 0.446. The number of nitrogen functional groups attached to an aromatic ring is 1. The summed E-state index contributed by atoms with van der Waals surface area (Å²) in [7, 11) is 0. The first kappa shape index (κ1) is 14.5. The molecule has 2 N–H and O–H groups in total. The van der Waals surface area contributed by atoms with Gasteiger partial charge < -0.3 is 10.5 Å². The van der Waals surface area contributed by atoms with Gasteiger partial charge in [-0.15, -0.1) is 0 Å². The molecule has 0 aromatic heterocycles. The lowest BCUT2D eigenvalue weighted by Gasteiger charge is -2.14. The van der Waals surface area contributed by atoms with Crippen LogP contribution < -0.4 is 10.5 Å². The van der Waals surface area contributed by atoms with Crippen molar-refractivity contribution in [1.82, 2.24) is 0 Å². The number of hydrogen-bond donors (Lipinski definition) is 1. The van der Waals surface area contributed by atoms with Gasteiger partial charge in [0.2, 0.25) is 0 Å². The molecular formula is C14H11ClF3NO. The smallest absolute Gasteiger partial charge is 0.419 e. The van der Waals surface area contributed by atoms with Crippen molar-refractivity contribution in [2.24, 2.45) is 0 Å². The Hall–Kier alpha value is -1.88. The van der Waals surface area contributed by atoms with Gasteiger partial charge in [0.25, 0.3) is 0 Å². The number of rotatable bonds is 3. The Morgan fingerprint density at radius 1 is 1.10 bits per heavy atom. The van der Waals surface area contributed by atoms with E-state index < -0.39 is 11.7 Å². The lowest BCUT2D eigenvalue weighted by atomic mass is 10.2. The van der Waals surface area contributed by atoms with Crippen LogP contribution in [0.5, 0.6) is 5.75 Å². The van der Waals surface area contributed by atoms with E-state index in [0.29, 0.717) is 16.3 Å². The van der Waals surface area contributed by atoms with Crippen LogP contribution in [0.2, 0.25) is 5.02 Å². The number of para-hydroxylation sites is 1. The Bertz CT molecular complexity index is 614. The van der Waals surface area contributed by atoms with Gasteiger partial charge in [-0.1, -0.05) is 23.7 Å². The zero-order valence-corrected chi connectivity index (χ0v) is 11.0. The first-order valence-electron chi connectivity index (χ1n) is 5.71. The third kappa shape index (κ3) is 3.36. The standard InChI is InChI=1S/C14H11ClF3NO/c15-10-5-6-12(19)9(7-10)8-20-13-4-2-1-3-11(13)14(16,17)18/h1-7H,8,19H2. The number of anilines is 1. The van der Waals surface area contributed by atoms with Gasteiger partial charge in [0, 0.05) is 16.3 Å². The van der Waals surface area contributed by atoms with Gasteiger partial charge in [0.15, 0.2) is 0 Å². The predicted molar refractivity (Wildman–Crippen MR) is 71.6 cm³/mol. The number of alkyl halides is 3. The molecule has 2 aromatic carbocycles. The lowest BCUT2D eigenvalue weighted by molar-refractivity contribution is -0.139. The molecule has 0 unspecified atom stereocenters. The largest absolute Gasteiger partial charge is 0.488 e. The Kier molecular flexibility index (Phi) is 4.09. The van der Waals surface area contributed by atoms with Gasteiger partial charge in [-0.3, -0.25) is 0 Å². The molecule has 6 heteroatoms. The van der Waals surface area contributed by atoms with E-state index in [1.165, 1.54) is 18.2 Å². The van der Waals surface area contributed by atoms with Crippen molar-refractivity contribution in [3.63, 3.8) is 0 Å². The average Bonchev–Trinajstić information content (AvgIpc) is 2.39. The van der Waals surface area contributed by atoms with Crippen molar-refractivity contribution < 1.29 is 17.9 Å². The van der Waals surface area contributed by atoms with E-state index in [1.807, 2.05) is 0 Å². The third-order valence-corrected chi connectivity index (χ3v) is 2.92. The fourth-order valence-corrected chi connectivity index (χ4v) is 1.88. The molecule has 0 radical (unpaired) electrons. The fraction of sp³-hybridized carbons (Fsp3) is 0.143.